The number of rotatable bonds is 47. The molecule has 0 aliphatic heterocycles. The summed E-state index contributed by atoms with van der Waals surface area (Å²) in [5.74, 6) is 0.796. The summed E-state index contributed by atoms with van der Waals surface area (Å²) in [5.41, 5.74) is 0. The number of unbranched alkanes of at least 4 members (excludes halogenated alkanes) is 31. The third-order valence-electron chi connectivity index (χ3n) is 12.3. The van der Waals surface area contributed by atoms with E-state index >= 15 is 0 Å². The van der Waals surface area contributed by atoms with Crippen LogP contribution in [0.5, 0.6) is 0 Å². The van der Waals surface area contributed by atoms with Gasteiger partial charge in [0.25, 0.3) is 0 Å². The van der Waals surface area contributed by atoms with Gasteiger partial charge in [0.15, 0.2) is 6.10 Å². The van der Waals surface area contributed by atoms with E-state index in [0.717, 1.165) is 69.6 Å². The average molecular weight is 835 g/mol. The molecule has 0 radical (unpaired) electrons. The lowest BCUT2D eigenvalue weighted by molar-refractivity contribution is -0.167. The van der Waals surface area contributed by atoms with Crippen LogP contribution in [0.25, 0.3) is 0 Å². The van der Waals surface area contributed by atoms with E-state index in [2.05, 4.69) is 34.6 Å². The molecule has 1 unspecified atom stereocenters. The van der Waals surface area contributed by atoms with Gasteiger partial charge in [0, 0.05) is 19.3 Å². The fourth-order valence-corrected chi connectivity index (χ4v) is 7.96. The Labute approximate surface area is 368 Å². The quantitative estimate of drug-likeness (QED) is 0.0345. The summed E-state index contributed by atoms with van der Waals surface area (Å²) in [6.45, 7) is 11.4. The maximum atomic E-state index is 12.7. The Hall–Kier alpha value is -1.59. The van der Waals surface area contributed by atoms with Crippen LogP contribution in [0, 0.1) is 11.8 Å². The maximum Gasteiger partial charge on any atom is 0.306 e. The average Bonchev–Trinajstić information content (AvgIpc) is 3.22. The Morgan fingerprint density at radius 2 is 0.644 bits per heavy atom. The zero-order chi connectivity index (χ0) is 43.3. The van der Waals surface area contributed by atoms with Gasteiger partial charge < -0.3 is 14.2 Å². The topological polar surface area (TPSA) is 78.9 Å². The summed E-state index contributed by atoms with van der Waals surface area (Å²) < 4.78 is 16.8. The highest BCUT2D eigenvalue weighted by Crippen LogP contribution is 2.18. The van der Waals surface area contributed by atoms with E-state index < -0.39 is 6.10 Å². The second kappa shape index (κ2) is 45.9. The van der Waals surface area contributed by atoms with Crippen LogP contribution in [-0.4, -0.2) is 37.2 Å². The molecular formula is C53H102O6. The molecule has 0 fully saturated rings. The molecule has 59 heavy (non-hydrogen) atoms. The van der Waals surface area contributed by atoms with Crippen LogP contribution in [0.3, 0.4) is 0 Å². The van der Waals surface area contributed by atoms with Crippen molar-refractivity contribution in [1.29, 1.82) is 0 Å². The van der Waals surface area contributed by atoms with Crippen molar-refractivity contribution in [3.8, 4) is 0 Å². The molecule has 0 aliphatic rings. The first-order chi connectivity index (χ1) is 28.8. The van der Waals surface area contributed by atoms with E-state index in [1.165, 1.54) is 180 Å². The molecule has 0 rings (SSSR count). The lowest BCUT2D eigenvalue weighted by atomic mass is 9.99. The molecule has 2 atom stereocenters. The third kappa shape index (κ3) is 45.8. The molecule has 0 saturated heterocycles. The Morgan fingerprint density at radius 3 is 0.966 bits per heavy atom. The third-order valence-corrected chi connectivity index (χ3v) is 12.3. The molecular weight excluding hydrogens is 733 g/mol. The van der Waals surface area contributed by atoms with Gasteiger partial charge in [-0.1, -0.05) is 253 Å². The van der Waals surface area contributed by atoms with Gasteiger partial charge >= 0.3 is 17.9 Å². The van der Waals surface area contributed by atoms with Crippen LogP contribution in [0.2, 0.25) is 0 Å². The maximum absolute atomic E-state index is 12.7. The van der Waals surface area contributed by atoms with Crippen molar-refractivity contribution in [2.45, 2.75) is 298 Å². The Morgan fingerprint density at radius 1 is 0.356 bits per heavy atom. The molecule has 0 amide bonds. The Bertz CT molecular complexity index is 902. The first kappa shape index (κ1) is 57.4. The van der Waals surface area contributed by atoms with E-state index in [1.54, 1.807) is 0 Å². The predicted octanol–water partition coefficient (Wildman–Crippen LogP) is 16.9. The molecule has 350 valence electrons. The van der Waals surface area contributed by atoms with Crippen molar-refractivity contribution < 1.29 is 28.6 Å². The number of carbonyl (C=O) groups is 3. The number of ether oxygens (including phenoxy) is 3. The van der Waals surface area contributed by atoms with Crippen molar-refractivity contribution in [2.75, 3.05) is 13.2 Å². The monoisotopic (exact) mass is 835 g/mol. The van der Waals surface area contributed by atoms with Crippen LogP contribution in [0.15, 0.2) is 0 Å². The first-order valence-electron chi connectivity index (χ1n) is 26.3. The van der Waals surface area contributed by atoms with Gasteiger partial charge in [-0.2, -0.15) is 0 Å². The summed E-state index contributed by atoms with van der Waals surface area (Å²) in [4.78, 5) is 37.9. The fraction of sp³-hybridized carbons (Fsp3) is 0.943. The van der Waals surface area contributed by atoms with Crippen molar-refractivity contribution in [2.24, 2.45) is 11.8 Å². The summed E-state index contributed by atoms with van der Waals surface area (Å²) in [5, 5.41) is 0. The SMILES string of the molecule is CCCCCCCCCCCCCCCCCCCC(=O)OC[C@H](COC(=O)CCCCCCCCCCCCC(C)CC)OC(=O)CCCCCCCCCC(C)C. The van der Waals surface area contributed by atoms with E-state index in [-0.39, 0.29) is 31.1 Å². The van der Waals surface area contributed by atoms with Crippen molar-refractivity contribution >= 4 is 17.9 Å². The van der Waals surface area contributed by atoms with Gasteiger partial charge in [-0.15, -0.1) is 0 Å². The molecule has 0 heterocycles. The largest absolute Gasteiger partial charge is 0.462 e. The highest BCUT2D eigenvalue weighted by Gasteiger charge is 2.19. The van der Waals surface area contributed by atoms with Crippen LogP contribution >= 0.6 is 0 Å². The fourth-order valence-electron chi connectivity index (χ4n) is 7.96. The van der Waals surface area contributed by atoms with Gasteiger partial charge in [-0.25, -0.2) is 0 Å². The number of esters is 3. The lowest BCUT2D eigenvalue weighted by Crippen LogP contribution is -2.30. The Balaban J connectivity index is 4.26. The van der Waals surface area contributed by atoms with E-state index in [9.17, 15) is 14.4 Å². The van der Waals surface area contributed by atoms with Crippen LogP contribution < -0.4 is 0 Å². The van der Waals surface area contributed by atoms with Crippen LogP contribution in [-0.2, 0) is 28.6 Å². The molecule has 0 aromatic heterocycles. The minimum Gasteiger partial charge on any atom is -0.462 e. The predicted molar refractivity (Wildman–Crippen MR) is 252 cm³/mol. The molecule has 6 heteroatoms. The zero-order valence-corrected chi connectivity index (χ0v) is 40.4. The van der Waals surface area contributed by atoms with E-state index in [4.69, 9.17) is 14.2 Å². The van der Waals surface area contributed by atoms with Crippen molar-refractivity contribution in [3.63, 3.8) is 0 Å². The molecule has 0 aromatic rings. The van der Waals surface area contributed by atoms with E-state index in [0.29, 0.717) is 19.3 Å². The van der Waals surface area contributed by atoms with Gasteiger partial charge in [-0.3, -0.25) is 14.4 Å². The second-order valence-electron chi connectivity index (χ2n) is 18.9. The highest BCUT2D eigenvalue weighted by molar-refractivity contribution is 5.71. The lowest BCUT2D eigenvalue weighted by Gasteiger charge is -2.18. The molecule has 0 aliphatic carbocycles. The highest BCUT2D eigenvalue weighted by atomic mass is 16.6. The Kier molecular flexibility index (Phi) is 44.7. The van der Waals surface area contributed by atoms with Crippen LogP contribution in [0.4, 0.5) is 0 Å². The molecule has 0 saturated carbocycles. The van der Waals surface area contributed by atoms with Crippen molar-refractivity contribution in [1.82, 2.24) is 0 Å². The van der Waals surface area contributed by atoms with Gasteiger partial charge in [0.05, 0.1) is 0 Å². The number of carbonyl (C=O) groups excluding carboxylic acids is 3. The minimum absolute atomic E-state index is 0.0644. The van der Waals surface area contributed by atoms with Crippen LogP contribution in [0.1, 0.15) is 291 Å². The smallest absolute Gasteiger partial charge is 0.306 e. The number of hydrogen-bond donors (Lipinski definition) is 0. The molecule has 0 bridgehead atoms. The second-order valence-corrected chi connectivity index (χ2v) is 18.9. The standard InChI is InChI=1S/C53H102O6/c1-6-8-9-10-11-12-13-14-15-16-17-18-19-23-28-33-38-43-51(54)57-46-50(59-53(56)45-40-35-30-25-26-31-36-41-48(3)4)47-58-52(55)44-39-34-29-24-21-20-22-27-32-37-42-49(5)7-2/h48-50H,6-47H2,1-5H3/t49?,50-/m1/s1. The normalized spacial score (nSPS) is 12.5. The van der Waals surface area contributed by atoms with Gasteiger partial charge in [-0.05, 0) is 31.1 Å². The van der Waals surface area contributed by atoms with Gasteiger partial charge in [0.1, 0.15) is 13.2 Å². The molecule has 6 nitrogen and oxygen atoms in total. The first-order valence-corrected chi connectivity index (χ1v) is 26.3. The summed E-state index contributed by atoms with van der Waals surface area (Å²) in [7, 11) is 0. The number of hydrogen-bond acceptors (Lipinski definition) is 6. The summed E-state index contributed by atoms with van der Waals surface area (Å²) >= 11 is 0. The van der Waals surface area contributed by atoms with Crippen molar-refractivity contribution in [3.05, 3.63) is 0 Å². The molecule has 0 spiro atoms. The zero-order valence-electron chi connectivity index (χ0n) is 40.4. The molecule has 0 aromatic carbocycles. The summed E-state index contributed by atoms with van der Waals surface area (Å²) in [6, 6.07) is 0. The summed E-state index contributed by atoms with van der Waals surface area (Å²) in [6.07, 6.45) is 46.6. The van der Waals surface area contributed by atoms with E-state index in [1.807, 2.05) is 0 Å². The minimum atomic E-state index is -0.762. The van der Waals surface area contributed by atoms with Gasteiger partial charge in [0.2, 0.25) is 0 Å². The molecule has 0 N–H and O–H groups in total.